The van der Waals surface area contributed by atoms with Gasteiger partial charge >= 0.3 is 0 Å². The number of nitriles is 1. The van der Waals surface area contributed by atoms with E-state index in [0.717, 1.165) is 18.9 Å². The third kappa shape index (κ3) is 2.77. The molecule has 2 fully saturated rings. The van der Waals surface area contributed by atoms with Crippen molar-refractivity contribution in [3.8, 4) is 6.07 Å². The molecule has 0 amide bonds. The molecule has 2 saturated heterocycles. The maximum absolute atomic E-state index is 8.98. The van der Waals surface area contributed by atoms with Crippen molar-refractivity contribution in [1.82, 2.24) is 14.8 Å². The summed E-state index contributed by atoms with van der Waals surface area (Å²) in [6, 6.07) is 6.48. The lowest BCUT2D eigenvalue weighted by molar-refractivity contribution is 0.120. The first-order chi connectivity index (χ1) is 9.76. The Labute approximate surface area is 120 Å². The standard InChI is InChI=1S/C15H21N5/c1-18-6-8-19(9-7-18)14-3-5-20(12-14)15-10-13(11-16)2-4-17-15/h2,4,10,14H,3,5-9,12H2,1H3/t14-/m1/s1. The molecule has 0 aromatic carbocycles. The summed E-state index contributed by atoms with van der Waals surface area (Å²) in [6.07, 6.45) is 2.93. The Morgan fingerprint density at radius 1 is 1.25 bits per heavy atom. The normalized spacial score (nSPS) is 24.8. The predicted octanol–water partition coefficient (Wildman–Crippen LogP) is 0.779. The van der Waals surface area contributed by atoms with Crippen LogP contribution in [0.5, 0.6) is 0 Å². The number of aromatic nitrogens is 1. The summed E-state index contributed by atoms with van der Waals surface area (Å²) in [5.41, 5.74) is 0.693. The molecular formula is C15H21N5. The van der Waals surface area contributed by atoms with Gasteiger partial charge < -0.3 is 9.80 Å². The van der Waals surface area contributed by atoms with Crippen LogP contribution in [0.3, 0.4) is 0 Å². The van der Waals surface area contributed by atoms with E-state index in [2.05, 4.69) is 32.8 Å². The van der Waals surface area contributed by atoms with Crippen LogP contribution in [0.15, 0.2) is 18.3 Å². The van der Waals surface area contributed by atoms with Crippen molar-refractivity contribution in [1.29, 1.82) is 5.26 Å². The summed E-state index contributed by atoms with van der Waals surface area (Å²) in [5.74, 6) is 0.945. The number of anilines is 1. The van der Waals surface area contributed by atoms with Gasteiger partial charge in [-0.2, -0.15) is 5.26 Å². The van der Waals surface area contributed by atoms with Crippen LogP contribution in [0.2, 0.25) is 0 Å². The van der Waals surface area contributed by atoms with E-state index < -0.39 is 0 Å². The molecule has 0 saturated carbocycles. The second-order valence-corrected chi connectivity index (χ2v) is 5.74. The lowest BCUT2D eigenvalue weighted by atomic mass is 10.2. The Balaban J connectivity index is 1.63. The number of pyridine rings is 1. The van der Waals surface area contributed by atoms with Gasteiger partial charge in [0.25, 0.3) is 0 Å². The molecule has 20 heavy (non-hydrogen) atoms. The average Bonchev–Trinajstić information content (AvgIpc) is 2.98. The molecular weight excluding hydrogens is 250 g/mol. The summed E-state index contributed by atoms with van der Waals surface area (Å²) in [4.78, 5) is 11.7. The van der Waals surface area contributed by atoms with Gasteiger partial charge in [0, 0.05) is 51.5 Å². The summed E-state index contributed by atoms with van der Waals surface area (Å²) in [6.45, 7) is 6.74. The molecule has 3 rings (SSSR count). The monoisotopic (exact) mass is 271 g/mol. The zero-order valence-electron chi connectivity index (χ0n) is 12.0. The number of nitrogens with zero attached hydrogens (tertiary/aromatic N) is 5. The van der Waals surface area contributed by atoms with Crippen molar-refractivity contribution in [3.63, 3.8) is 0 Å². The zero-order chi connectivity index (χ0) is 13.9. The Morgan fingerprint density at radius 3 is 2.80 bits per heavy atom. The number of likely N-dealkylation sites (N-methyl/N-ethyl adjacent to an activating group) is 1. The zero-order valence-corrected chi connectivity index (χ0v) is 12.0. The molecule has 0 spiro atoms. The van der Waals surface area contributed by atoms with Gasteiger partial charge in [0.1, 0.15) is 5.82 Å². The van der Waals surface area contributed by atoms with Crippen LogP contribution in [0.25, 0.3) is 0 Å². The van der Waals surface area contributed by atoms with Gasteiger partial charge in [-0.3, -0.25) is 4.90 Å². The van der Waals surface area contributed by atoms with Crippen molar-refractivity contribution in [2.45, 2.75) is 12.5 Å². The molecule has 5 heteroatoms. The van der Waals surface area contributed by atoms with E-state index in [0.29, 0.717) is 11.6 Å². The van der Waals surface area contributed by atoms with Gasteiger partial charge in [-0.25, -0.2) is 4.98 Å². The van der Waals surface area contributed by atoms with Crippen molar-refractivity contribution in [2.24, 2.45) is 0 Å². The quantitative estimate of drug-likeness (QED) is 0.795. The lowest BCUT2D eigenvalue weighted by Gasteiger charge is -2.36. The molecule has 106 valence electrons. The van der Waals surface area contributed by atoms with Gasteiger partial charge in [0.15, 0.2) is 0 Å². The van der Waals surface area contributed by atoms with E-state index in [1.54, 1.807) is 12.3 Å². The maximum Gasteiger partial charge on any atom is 0.129 e. The van der Waals surface area contributed by atoms with Crippen LogP contribution >= 0.6 is 0 Å². The van der Waals surface area contributed by atoms with Crippen LogP contribution in [0.1, 0.15) is 12.0 Å². The lowest BCUT2D eigenvalue weighted by Crippen LogP contribution is -2.49. The topological polar surface area (TPSA) is 46.4 Å². The van der Waals surface area contributed by atoms with Crippen LogP contribution in [-0.2, 0) is 0 Å². The van der Waals surface area contributed by atoms with E-state index in [-0.39, 0.29) is 0 Å². The minimum atomic E-state index is 0.635. The van der Waals surface area contributed by atoms with Gasteiger partial charge in [0.05, 0.1) is 11.6 Å². The summed E-state index contributed by atoms with van der Waals surface area (Å²) in [5, 5.41) is 8.98. The van der Waals surface area contributed by atoms with E-state index in [9.17, 15) is 0 Å². The second-order valence-electron chi connectivity index (χ2n) is 5.74. The minimum absolute atomic E-state index is 0.635. The highest BCUT2D eigenvalue weighted by Gasteiger charge is 2.29. The fourth-order valence-electron chi connectivity index (χ4n) is 3.10. The van der Waals surface area contributed by atoms with E-state index in [4.69, 9.17) is 5.26 Å². The van der Waals surface area contributed by atoms with Crippen LogP contribution in [0.4, 0.5) is 5.82 Å². The fourth-order valence-corrected chi connectivity index (χ4v) is 3.10. The Morgan fingerprint density at radius 2 is 2.05 bits per heavy atom. The molecule has 0 radical (unpaired) electrons. The summed E-state index contributed by atoms with van der Waals surface area (Å²) < 4.78 is 0. The molecule has 1 atom stereocenters. The summed E-state index contributed by atoms with van der Waals surface area (Å²) >= 11 is 0. The van der Waals surface area contributed by atoms with Gasteiger partial charge in [-0.15, -0.1) is 0 Å². The van der Waals surface area contributed by atoms with Crippen molar-refractivity contribution in [3.05, 3.63) is 23.9 Å². The third-order valence-electron chi connectivity index (χ3n) is 4.42. The fraction of sp³-hybridized carbons (Fsp3) is 0.600. The number of piperazine rings is 1. The van der Waals surface area contributed by atoms with Crippen LogP contribution in [0, 0.1) is 11.3 Å². The van der Waals surface area contributed by atoms with Crippen molar-refractivity contribution >= 4 is 5.82 Å². The van der Waals surface area contributed by atoms with Crippen molar-refractivity contribution < 1.29 is 0 Å². The SMILES string of the molecule is CN1CCN([C@@H]2CCN(c3cc(C#N)ccn3)C2)CC1. The average molecular weight is 271 g/mol. The predicted molar refractivity (Wildman–Crippen MR) is 78.6 cm³/mol. The van der Waals surface area contributed by atoms with Crippen LogP contribution in [-0.4, -0.2) is 67.1 Å². The second kappa shape index (κ2) is 5.78. The third-order valence-corrected chi connectivity index (χ3v) is 4.42. The molecule has 1 aromatic rings. The number of hydrogen-bond acceptors (Lipinski definition) is 5. The highest BCUT2D eigenvalue weighted by molar-refractivity contribution is 5.45. The number of rotatable bonds is 2. The largest absolute Gasteiger partial charge is 0.355 e. The Bertz CT molecular complexity index is 501. The first kappa shape index (κ1) is 13.3. The highest BCUT2D eigenvalue weighted by atomic mass is 15.3. The van der Waals surface area contributed by atoms with E-state index in [1.165, 1.54) is 32.6 Å². The molecule has 1 aromatic heterocycles. The molecule has 0 bridgehead atoms. The maximum atomic E-state index is 8.98. The smallest absolute Gasteiger partial charge is 0.129 e. The highest BCUT2D eigenvalue weighted by Crippen LogP contribution is 2.22. The number of hydrogen-bond donors (Lipinski definition) is 0. The summed E-state index contributed by atoms with van der Waals surface area (Å²) in [7, 11) is 2.19. The van der Waals surface area contributed by atoms with E-state index in [1.807, 2.05) is 6.07 Å². The molecule has 0 unspecified atom stereocenters. The first-order valence-corrected chi connectivity index (χ1v) is 7.30. The van der Waals surface area contributed by atoms with Crippen LogP contribution < -0.4 is 4.90 Å². The van der Waals surface area contributed by atoms with Gasteiger partial charge in [0.2, 0.25) is 0 Å². The first-order valence-electron chi connectivity index (χ1n) is 7.30. The molecule has 2 aliphatic heterocycles. The molecule has 0 N–H and O–H groups in total. The molecule has 0 aliphatic carbocycles. The Hall–Kier alpha value is -1.64. The minimum Gasteiger partial charge on any atom is -0.355 e. The van der Waals surface area contributed by atoms with E-state index >= 15 is 0 Å². The molecule has 5 nitrogen and oxygen atoms in total. The Kier molecular flexibility index (Phi) is 3.86. The van der Waals surface area contributed by atoms with Gasteiger partial charge in [-0.1, -0.05) is 0 Å². The van der Waals surface area contributed by atoms with Gasteiger partial charge in [-0.05, 0) is 25.6 Å². The molecule has 2 aliphatic rings. The molecule has 3 heterocycles. The van der Waals surface area contributed by atoms with Crippen molar-refractivity contribution in [2.75, 3.05) is 51.2 Å².